The number of fused-ring (bicyclic) bond motifs is 1. The smallest absolute Gasteiger partial charge is 0.295 e. The first kappa shape index (κ1) is 24.2. The fourth-order valence-corrected chi connectivity index (χ4v) is 4.62. The second-order valence-corrected chi connectivity index (χ2v) is 8.73. The van der Waals surface area contributed by atoms with E-state index in [0.29, 0.717) is 67.7 Å². The van der Waals surface area contributed by atoms with Gasteiger partial charge in [0.05, 0.1) is 18.2 Å². The number of aliphatic hydroxyl groups excluding tert-OH is 1. The number of imidazole rings is 1. The predicted octanol–water partition coefficient (Wildman–Crippen LogP) is 3.15. The molecule has 9 nitrogen and oxygen atoms in total. The number of nitrogens with zero attached hydrogens (tertiary/aromatic N) is 2. The van der Waals surface area contributed by atoms with Crippen molar-refractivity contribution in [2.45, 2.75) is 19.0 Å². The Labute approximate surface area is 214 Å². The average molecular weight is 503 g/mol. The van der Waals surface area contributed by atoms with Crippen molar-refractivity contribution in [2.24, 2.45) is 0 Å². The number of aryl methyl sites for hydroxylation is 1. The third-order valence-corrected chi connectivity index (χ3v) is 6.32. The van der Waals surface area contributed by atoms with E-state index < -0.39 is 17.7 Å². The molecule has 0 saturated carbocycles. The summed E-state index contributed by atoms with van der Waals surface area (Å²) in [5.74, 6) is -0.0336. The van der Waals surface area contributed by atoms with Gasteiger partial charge in [0.25, 0.3) is 11.7 Å². The molecule has 5 rings (SSSR count). The normalized spacial score (nSPS) is 18.2. The van der Waals surface area contributed by atoms with E-state index >= 15 is 0 Å². The lowest BCUT2D eigenvalue weighted by molar-refractivity contribution is -0.695. The Morgan fingerprint density at radius 1 is 1.19 bits per heavy atom. The Hall–Kier alpha value is -4.53. The summed E-state index contributed by atoms with van der Waals surface area (Å²) in [6.07, 6.45) is 7.79. The van der Waals surface area contributed by atoms with Crippen LogP contribution < -0.4 is 18.8 Å². The van der Waals surface area contributed by atoms with Crippen LogP contribution in [0.4, 0.5) is 0 Å². The van der Waals surface area contributed by atoms with Crippen molar-refractivity contribution in [3.8, 4) is 17.2 Å². The number of hydrogen-bond acceptors (Lipinski definition) is 6. The largest absolute Gasteiger partial charge is 0.507 e. The Morgan fingerprint density at radius 3 is 2.81 bits per heavy atom. The van der Waals surface area contributed by atoms with Gasteiger partial charge in [-0.25, -0.2) is 4.57 Å². The van der Waals surface area contributed by atoms with Gasteiger partial charge in [-0.2, -0.15) is 0 Å². The molecule has 1 saturated heterocycles. The maximum absolute atomic E-state index is 13.3. The van der Waals surface area contributed by atoms with Crippen molar-refractivity contribution in [1.29, 1.82) is 0 Å². The van der Waals surface area contributed by atoms with Crippen molar-refractivity contribution in [3.05, 3.63) is 90.5 Å². The number of ketones is 1. The fraction of sp³-hybridized carbons (Fsp3) is 0.250. The number of amides is 1. The van der Waals surface area contributed by atoms with Gasteiger partial charge >= 0.3 is 0 Å². The SMILES string of the molecule is C=CCOc1cccc(C2C(=C(O)c3ccc4c(c3)OCCO4)C(=O)C(=O)N2CCC[n+]2cc[nH]c2)c1. The molecule has 1 unspecified atom stereocenters. The number of rotatable bonds is 9. The molecular weight excluding hydrogens is 474 g/mol. The maximum Gasteiger partial charge on any atom is 0.295 e. The summed E-state index contributed by atoms with van der Waals surface area (Å²) in [6, 6.07) is 11.4. The molecule has 3 aromatic rings. The number of aromatic nitrogens is 2. The van der Waals surface area contributed by atoms with Crippen LogP contribution in [0, 0.1) is 0 Å². The van der Waals surface area contributed by atoms with Crippen LogP contribution in [-0.2, 0) is 16.1 Å². The monoisotopic (exact) mass is 502 g/mol. The second-order valence-electron chi connectivity index (χ2n) is 8.73. The van der Waals surface area contributed by atoms with Gasteiger partial charge in [0, 0.05) is 18.5 Å². The molecule has 37 heavy (non-hydrogen) atoms. The van der Waals surface area contributed by atoms with Crippen molar-refractivity contribution < 1.29 is 33.5 Å². The van der Waals surface area contributed by atoms with Gasteiger partial charge in [-0.1, -0.05) is 24.8 Å². The lowest BCUT2D eigenvalue weighted by Crippen LogP contribution is -2.36. The zero-order valence-electron chi connectivity index (χ0n) is 20.3. The number of carbonyl (C=O) groups is 2. The molecule has 2 N–H and O–H groups in total. The quantitative estimate of drug-likeness (QED) is 0.153. The molecule has 2 aromatic carbocycles. The zero-order chi connectivity index (χ0) is 25.8. The highest BCUT2D eigenvalue weighted by Gasteiger charge is 2.46. The van der Waals surface area contributed by atoms with Crippen LogP contribution in [0.1, 0.15) is 23.6 Å². The number of hydrogen-bond donors (Lipinski definition) is 2. The Morgan fingerprint density at radius 2 is 2.03 bits per heavy atom. The van der Waals surface area contributed by atoms with E-state index in [1.807, 2.05) is 29.4 Å². The number of aromatic amines is 1. The summed E-state index contributed by atoms with van der Waals surface area (Å²) in [4.78, 5) is 31.1. The minimum absolute atomic E-state index is 0.0249. The zero-order valence-corrected chi connectivity index (χ0v) is 20.3. The average Bonchev–Trinajstić information content (AvgIpc) is 3.54. The number of H-pyrrole nitrogens is 1. The number of Topliss-reactive ketones (excluding diaryl/α,β-unsaturated/α-hetero) is 1. The molecule has 0 bridgehead atoms. The van der Waals surface area contributed by atoms with Crippen LogP contribution in [0.3, 0.4) is 0 Å². The molecule has 1 fully saturated rings. The van der Waals surface area contributed by atoms with Crippen LogP contribution in [0.5, 0.6) is 17.2 Å². The molecule has 0 radical (unpaired) electrons. The molecule has 9 heteroatoms. The molecule has 1 aromatic heterocycles. The van der Waals surface area contributed by atoms with E-state index in [0.717, 1.165) is 0 Å². The van der Waals surface area contributed by atoms with Gasteiger partial charge in [0.2, 0.25) is 6.33 Å². The summed E-state index contributed by atoms with van der Waals surface area (Å²) >= 11 is 0. The van der Waals surface area contributed by atoms with E-state index in [1.165, 1.54) is 4.90 Å². The third kappa shape index (κ3) is 4.93. The summed E-state index contributed by atoms with van der Waals surface area (Å²) in [7, 11) is 0. The van der Waals surface area contributed by atoms with Gasteiger partial charge in [-0.15, -0.1) is 0 Å². The maximum atomic E-state index is 13.3. The molecule has 1 atom stereocenters. The Bertz CT molecular complexity index is 1350. The van der Waals surface area contributed by atoms with E-state index in [9.17, 15) is 14.7 Å². The van der Waals surface area contributed by atoms with E-state index in [1.54, 1.807) is 42.5 Å². The molecule has 3 heterocycles. The summed E-state index contributed by atoms with van der Waals surface area (Å²) < 4.78 is 18.9. The number of likely N-dealkylation sites (tertiary alicyclic amines) is 1. The summed E-state index contributed by atoms with van der Waals surface area (Å²) in [6.45, 7) is 5.80. The van der Waals surface area contributed by atoms with Crippen molar-refractivity contribution >= 4 is 17.4 Å². The van der Waals surface area contributed by atoms with E-state index in [4.69, 9.17) is 14.2 Å². The highest BCUT2D eigenvalue weighted by Crippen LogP contribution is 2.41. The van der Waals surface area contributed by atoms with Crippen LogP contribution in [0.2, 0.25) is 0 Å². The number of ether oxygens (including phenoxy) is 3. The topological polar surface area (TPSA) is 105 Å². The molecule has 0 aliphatic carbocycles. The highest BCUT2D eigenvalue weighted by molar-refractivity contribution is 6.46. The standard InChI is InChI=1S/C28H27N3O6/c1-2-13-35-21-6-3-5-19(16-21)25-24(26(32)20-7-8-22-23(17-20)37-15-14-36-22)27(33)28(34)31(25)11-4-10-30-12-9-29-18-30/h2-3,5-9,12,16-18,25H,1,4,10-11,13-15H2,(H,32,33)/p+1. The lowest BCUT2D eigenvalue weighted by Gasteiger charge is -2.25. The number of nitrogens with one attached hydrogen (secondary N) is 1. The summed E-state index contributed by atoms with van der Waals surface area (Å²) in [5.41, 5.74) is 1.06. The summed E-state index contributed by atoms with van der Waals surface area (Å²) in [5, 5.41) is 11.4. The second kappa shape index (κ2) is 10.6. The van der Waals surface area contributed by atoms with Gasteiger partial charge < -0.3 is 24.2 Å². The molecule has 2 aliphatic rings. The number of aliphatic hydroxyl groups is 1. The predicted molar refractivity (Wildman–Crippen MR) is 134 cm³/mol. The minimum Gasteiger partial charge on any atom is -0.507 e. The highest BCUT2D eigenvalue weighted by atomic mass is 16.6. The van der Waals surface area contributed by atoms with Crippen LogP contribution in [0.15, 0.2) is 79.4 Å². The number of benzene rings is 2. The molecule has 190 valence electrons. The first-order chi connectivity index (χ1) is 18.1. The Kier molecular flexibility index (Phi) is 6.93. The minimum atomic E-state index is -0.781. The Balaban J connectivity index is 1.54. The van der Waals surface area contributed by atoms with Gasteiger partial charge in [0.15, 0.2) is 11.5 Å². The number of carbonyl (C=O) groups excluding carboxylic acids is 2. The molecular formula is C28H28N3O6+. The fourth-order valence-electron chi connectivity index (χ4n) is 4.62. The molecule has 0 spiro atoms. The van der Waals surface area contributed by atoms with Crippen molar-refractivity contribution in [2.75, 3.05) is 26.4 Å². The molecule has 1 amide bonds. The van der Waals surface area contributed by atoms with Crippen molar-refractivity contribution in [1.82, 2.24) is 9.88 Å². The first-order valence-electron chi connectivity index (χ1n) is 12.1. The van der Waals surface area contributed by atoms with Gasteiger partial charge in [-0.3, -0.25) is 14.6 Å². The van der Waals surface area contributed by atoms with Crippen LogP contribution in [-0.4, -0.2) is 53.0 Å². The lowest BCUT2D eigenvalue weighted by atomic mass is 9.95. The van der Waals surface area contributed by atoms with Crippen LogP contribution in [0.25, 0.3) is 5.76 Å². The van der Waals surface area contributed by atoms with E-state index in [-0.39, 0.29) is 11.3 Å². The van der Waals surface area contributed by atoms with Gasteiger partial charge in [-0.05, 0) is 35.9 Å². The third-order valence-electron chi connectivity index (χ3n) is 6.32. The van der Waals surface area contributed by atoms with Crippen LogP contribution >= 0.6 is 0 Å². The van der Waals surface area contributed by atoms with Gasteiger partial charge in [0.1, 0.15) is 43.7 Å². The van der Waals surface area contributed by atoms with Crippen molar-refractivity contribution in [3.63, 3.8) is 0 Å². The molecule has 2 aliphatic heterocycles. The van der Waals surface area contributed by atoms with E-state index in [2.05, 4.69) is 11.6 Å². The first-order valence-corrected chi connectivity index (χ1v) is 12.1.